The van der Waals surface area contributed by atoms with Gasteiger partial charge in [0.15, 0.2) is 29.0 Å². The predicted octanol–water partition coefficient (Wildman–Crippen LogP) is 4.32. The first-order valence-electron chi connectivity index (χ1n) is 9.00. The maximum atomic E-state index is 6.31. The fourth-order valence-electron chi connectivity index (χ4n) is 2.78. The number of ether oxygens (including phenoxy) is 4. The number of benzene rings is 2. The van der Waals surface area contributed by atoms with Crippen LogP contribution in [-0.4, -0.2) is 39.9 Å². The predicted molar refractivity (Wildman–Crippen MR) is 126 cm³/mol. The topological polar surface area (TPSA) is 73.3 Å². The monoisotopic (exact) mass is 533 g/mol. The molecule has 0 radical (unpaired) electrons. The Morgan fingerprint density at radius 1 is 1.10 bits per heavy atom. The molecule has 0 fully saturated rings. The molecular weight excluding hydrogens is 509 g/mol. The molecular formula is C20H25ClIN3O4. The van der Waals surface area contributed by atoms with Gasteiger partial charge in [-0.1, -0.05) is 11.6 Å². The zero-order valence-corrected chi connectivity index (χ0v) is 19.7. The van der Waals surface area contributed by atoms with Gasteiger partial charge in [0.25, 0.3) is 0 Å². The van der Waals surface area contributed by atoms with E-state index in [1.807, 2.05) is 37.3 Å². The molecule has 7 nitrogen and oxygen atoms in total. The zero-order valence-electron chi connectivity index (χ0n) is 16.6. The van der Waals surface area contributed by atoms with Gasteiger partial charge in [-0.05, 0) is 36.8 Å². The fraction of sp³-hybridized carbons (Fsp3) is 0.350. The highest BCUT2D eigenvalue weighted by molar-refractivity contribution is 14.0. The first-order chi connectivity index (χ1) is 13.6. The lowest BCUT2D eigenvalue weighted by molar-refractivity contribution is 0.171. The number of aliphatic imine (C=N–C) groups is 1. The van der Waals surface area contributed by atoms with Crippen molar-refractivity contribution in [2.45, 2.75) is 13.5 Å². The lowest BCUT2D eigenvalue weighted by atomic mass is 10.2. The van der Waals surface area contributed by atoms with Crippen LogP contribution in [0, 0.1) is 0 Å². The smallest absolute Gasteiger partial charge is 0.196 e. The Hall–Kier alpha value is -2.07. The second-order valence-corrected chi connectivity index (χ2v) is 6.40. The molecule has 0 spiro atoms. The van der Waals surface area contributed by atoms with Gasteiger partial charge in [-0.3, -0.25) is 0 Å². The van der Waals surface area contributed by atoms with Crippen molar-refractivity contribution in [2.24, 2.45) is 4.99 Å². The van der Waals surface area contributed by atoms with Crippen LogP contribution in [0.4, 0.5) is 5.69 Å². The van der Waals surface area contributed by atoms with Gasteiger partial charge in [-0.25, -0.2) is 4.99 Å². The van der Waals surface area contributed by atoms with Crippen molar-refractivity contribution in [2.75, 3.05) is 39.3 Å². The van der Waals surface area contributed by atoms with Crippen LogP contribution in [0.2, 0.25) is 5.02 Å². The Bertz CT molecular complexity index is 864. The quantitative estimate of drug-likeness (QED) is 0.327. The van der Waals surface area contributed by atoms with E-state index in [4.69, 9.17) is 30.5 Å². The zero-order chi connectivity index (χ0) is 19.9. The van der Waals surface area contributed by atoms with Crippen molar-refractivity contribution < 1.29 is 18.9 Å². The summed E-state index contributed by atoms with van der Waals surface area (Å²) in [5, 5.41) is 7.02. The minimum atomic E-state index is 0. The molecule has 0 saturated carbocycles. The highest BCUT2D eigenvalue weighted by atomic mass is 127. The Balaban J connectivity index is 0.00000300. The van der Waals surface area contributed by atoms with Crippen LogP contribution in [0.25, 0.3) is 0 Å². The second kappa shape index (κ2) is 11.2. The lowest BCUT2D eigenvalue weighted by Crippen LogP contribution is -2.30. The molecule has 0 saturated heterocycles. The molecule has 0 unspecified atom stereocenters. The van der Waals surface area contributed by atoms with Crippen molar-refractivity contribution >= 4 is 47.2 Å². The van der Waals surface area contributed by atoms with Crippen LogP contribution in [0.3, 0.4) is 0 Å². The molecule has 9 heteroatoms. The second-order valence-electron chi connectivity index (χ2n) is 5.99. The van der Waals surface area contributed by atoms with Gasteiger partial charge in [0.1, 0.15) is 13.2 Å². The number of guanidine groups is 1. The number of hydrogen-bond acceptors (Lipinski definition) is 5. The van der Waals surface area contributed by atoms with Gasteiger partial charge >= 0.3 is 0 Å². The number of halogens is 2. The van der Waals surface area contributed by atoms with E-state index < -0.39 is 0 Å². The van der Waals surface area contributed by atoms with E-state index in [1.54, 1.807) is 14.2 Å². The van der Waals surface area contributed by atoms with E-state index in [0.717, 1.165) is 17.8 Å². The highest BCUT2D eigenvalue weighted by Gasteiger charge is 2.16. The third-order valence-corrected chi connectivity index (χ3v) is 4.35. The number of anilines is 1. The molecule has 0 amide bonds. The molecule has 158 valence electrons. The highest BCUT2D eigenvalue weighted by Crippen LogP contribution is 2.38. The van der Waals surface area contributed by atoms with Crippen LogP contribution in [0.15, 0.2) is 35.3 Å². The Kier molecular flexibility index (Phi) is 8.97. The third-order valence-electron chi connectivity index (χ3n) is 4.07. The van der Waals surface area contributed by atoms with Crippen LogP contribution >= 0.6 is 35.6 Å². The van der Waals surface area contributed by atoms with E-state index in [0.29, 0.717) is 53.7 Å². The lowest BCUT2D eigenvalue weighted by Gasteiger charge is -2.20. The van der Waals surface area contributed by atoms with Crippen molar-refractivity contribution in [1.29, 1.82) is 0 Å². The van der Waals surface area contributed by atoms with Crippen LogP contribution in [-0.2, 0) is 6.54 Å². The van der Waals surface area contributed by atoms with E-state index in [2.05, 4.69) is 15.6 Å². The van der Waals surface area contributed by atoms with Crippen molar-refractivity contribution in [1.82, 2.24) is 5.32 Å². The molecule has 29 heavy (non-hydrogen) atoms. The number of nitrogens with one attached hydrogen (secondary N) is 2. The van der Waals surface area contributed by atoms with Crippen LogP contribution in [0.5, 0.6) is 23.0 Å². The van der Waals surface area contributed by atoms with Crippen molar-refractivity contribution in [3.8, 4) is 23.0 Å². The summed E-state index contributed by atoms with van der Waals surface area (Å²) in [6.45, 7) is 4.18. The molecule has 1 aliphatic rings. The molecule has 0 aliphatic carbocycles. The SMILES string of the molecule is CCNC(=NCc1cc(Cl)c2c(c1)OCCO2)Nc1ccc(OC)c(OC)c1.I. The van der Waals surface area contributed by atoms with E-state index in [-0.39, 0.29) is 24.0 Å². The summed E-state index contributed by atoms with van der Waals surface area (Å²) < 4.78 is 21.8. The molecule has 1 heterocycles. The summed E-state index contributed by atoms with van der Waals surface area (Å²) in [6.07, 6.45) is 0. The van der Waals surface area contributed by atoms with Crippen LogP contribution < -0.4 is 29.6 Å². The molecule has 2 N–H and O–H groups in total. The number of hydrogen-bond donors (Lipinski definition) is 2. The molecule has 0 atom stereocenters. The Morgan fingerprint density at radius 2 is 1.86 bits per heavy atom. The number of rotatable bonds is 6. The summed E-state index contributed by atoms with van der Waals surface area (Å²) in [4.78, 5) is 4.63. The third kappa shape index (κ3) is 5.96. The van der Waals surface area contributed by atoms with Crippen molar-refractivity contribution in [3.05, 3.63) is 40.9 Å². The van der Waals surface area contributed by atoms with Gasteiger partial charge in [0.05, 0.1) is 25.8 Å². The summed E-state index contributed by atoms with van der Waals surface area (Å²) in [5.74, 6) is 3.20. The maximum absolute atomic E-state index is 6.31. The Morgan fingerprint density at radius 3 is 2.59 bits per heavy atom. The average molecular weight is 534 g/mol. The largest absolute Gasteiger partial charge is 0.493 e. The molecule has 0 aromatic heterocycles. The van der Waals surface area contributed by atoms with E-state index in [1.165, 1.54) is 0 Å². The summed E-state index contributed by atoms with van der Waals surface area (Å²) in [7, 11) is 3.21. The Labute approximate surface area is 192 Å². The molecule has 1 aliphatic heterocycles. The average Bonchev–Trinajstić information content (AvgIpc) is 2.72. The van der Waals surface area contributed by atoms with Gasteiger partial charge in [0, 0.05) is 18.3 Å². The van der Waals surface area contributed by atoms with Gasteiger partial charge in [-0.15, -0.1) is 24.0 Å². The fourth-order valence-corrected chi connectivity index (χ4v) is 3.07. The van der Waals surface area contributed by atoms with E-state index in [9.17, 15) is 0 Å². The van der Waals surface area contributed by atoms with E-state index >= 15 is 0 Å². The van der Waals surface area contributed by atoms with Crippen molar-refractivity contribution in [3.63, 3.8) is 0 Å². The summed E-state index contributed by atoms with van der Waals surface area (Å²) in [5.41, 5.74) is 1.76. The first kappa shape index (κ1) is 23.2. The molecule has 0 bridgehead atoms. The summed E-state index contributed by atoms with van der Waals surface area (Å²) in [6, 6.07) is 9.34. The van der Waals surface area contributed by atoms with Crippen LogP contribution in [0.1, 0.15) is 12.5 Å². The normalized spacial score (nSPS) is 12.6. The minimum Gasteiger partial charge on any atom is -0.493 e. The first-order valence-corrected chi connectivity index (χ1v) is 9.37. The molecule has 3 rings (SSSR count). The number of methoxy groups -OCH3 is 2. The molecule has 2 aromatic rings. The van der Waals surface area contributed by atoms with Gasteiger partial charge < -0.3 is 29.6 Å². The summed E-state index contributed by atoms with van der Waals surface area (Å²) >= 11 is 6.31. The van der Waals surface area contributed by atoms with Gasteiger partial charge in [-0.2, -0.15) is 0 Å². The van der Waals surface area contributed by atoms with Gasteiger partial charge in [0.2, 0.25) is 0 Å². The molecule has 2 aromatic carbocycles. The standard InChI is InChI=1S/C20H24ClN3O4.HI/c1-4-22-20(24-14-5-6-16(25-2)17(11-14)26-3)23-12-13-9-15(21)19-18(10-13)27-7-8-28-19;/h5-6,9-11H,4,7-8,12H2,1-3H3,(H2,22,23,24);1H. The number of fused-ring (bicyclic) bond motifs is 1. The minimum absolute atomic E-state index is 0. The maximum Gasteiger partial charge on any atom is 0.196 e. The number of nitrogens with zero attached hydrogens (tertiary/aromatic N) is 1.